The first kappa shape index (κ1) is 16.8. The maximum Gasteiger partial charge on any atom is 0.258 e. The van der Waals surface area contributed by atoms with E-state index >= 15 is 0 Å². The van der Waals surface area contributed by atoms with Gasteiger partial charge in [0.1, 0.15) is 5.51 Å². The van der Waals surface area contributed by atoms with Gasteiger partial charge in [-0.25, -0.2) is 8.78 Å². The Morgan fingerprint density at radius 3 is 2.79 bits per heavy atom. The Bertz CT molecular complexity index is 890. The third-order valence-corrected chi connectivity index (χ3v) is 5.20. The minimum atomic E-state index is -1.19. The summed E-state index contributed by atoms with van der Waals surface area (Å²) in [7, 11) is 0. The molecule has 3 aromatic rings. The average molecular weight is 384 g/mol. The van der Waals surface area contributed by atoms with Crippen LogP contribution in [0.3, 0.4) is 0 Å². The Balaban J connectivity index is 1.77. The van der Waals surface area contributed by atoms with Crippen molar-refractivity contribution in [1.82, 2.24) is 10.2 Å². The van der Waals surface area contributed by atoms with Gasteiger partial charge < -0.3 is 5.32 Å². The summed E-state index contributed by atoms with van der Waals surface area (Å²) < 4.78 is 27.6. The SMILES string of the molecule is O=C(Nc1ccc(Sc2nncs2)c(Cl)c1)c1cccc(F)c1F. The van der Waals surface area contributed by atoms with E-state index in [1.807, 2.05) is 0 Å². The number of aromatic nitrogens is 2. The van der Waals surface area contributed by atoms with Crippen LogP contribution in [0.2, 0.25) is 5.02 Å². The third kappa shape index (κ3) is 3.72. The second-order valence-corrected chi connectivity index (χ2v) is 7.04. The van der Waals surface area contributed by atoms with Gasteiger partial charge in [-0.3, -0.25) is 4.79 Å². The summed E-state index contributed by atoms with van der Waals surface area (Å²) in [6.45, 7) is 0. The number of carbonyl (C=O) groups excluding carboxylic acids is 1. The van der Waals surface area contributed by atoms with Crippen molar-refractivity contribution in [3.63, 3.8) is 0 Å². The van der Waals surface area contributed by atoms with Gasteiger partial charge in [0.2, 0.25) is 0 Å². The molecule has 0 bridgehead atoms. The van der Waals surface area contributed by atoms with Gasteiger partial charge in [-0.2, -0.15) is 0 Å². The van der Waals surface area contributed by atoms with Gasteiger partial charge >= 0.3 is 0 Å². The lowest BCUT2D eigenvalue weighted by molar-refractivity contribution is 0.102. The molecule has 0 spiro atoms. The number of nitrogens with one attached hydrogen (secondary N) is 1. The van der Waals surface area contributed by atoms with Gasteiger partial charge in [-0.15, -0.1) is 10.2 Å². The Kier molecular flexibility index (Phi) is 5.08. The van der Waals surface area contributed by atoms with Crippen molar-refractivity contribution < 1.29 is 13.6 Å². The second kappa shape index (κ2) is 7.25. The van der Waals surface area contributed by atoms with E-state index in [0.29, 0.717) is 10.7 Å². The van der Waals surface area contributed by atoms with E-state index < -0.39 is 17.5 Å². The van der Waals surface area contributed by atoms with E-state index in [0.717, 1.165) is 15.3 Å². The molecule has 4 nitrogen and oxygen atoms in total. The molecule has 3 rings (SSSR count). The maximum absolute atomic E-state index is 13.6. The quantitative estimate of drug-likeness (QED) is 0.698. The lowest BCUT2D eigenvalue weighted by Crippen LogP contribution is -2.14. The van der Waals surface area contributed by atoms with Gasteiger partial charge in [-0.05, 0) is 30.3 Å². The zero-order valence-corrected chi connectivity index (χ0v) is 14.2. The Labute approximate surface area is 148 Å². The Hall–Kier alpha value is -2.03. The predicted molar refractivity (Wildman–Crippen MR) is 89.8 cm³/mol. The van der Waals surface area contributed by atoms with Gasteiger partial charge in [0.25, 0.3) is 5.91 Å². The molecule has 9 heteroatoms. The van der Waals surface area contributed by atoms with Crippen LogP contribution in [0.4, 0.5) is 14.5 Å². The van der Waals surface area contributed by atoms with Crippen molar-refractivity contribution in [2.45, 2.75) is 9.24 Å². The van der Waals surface area contributed by atoms with E-state index in [-0.39, 0.29) is 5.56 Å². The lowest BCUT2D eigenvalue weighted by atomic mass is 10.2. The molecule has 1 N–H and O–H groups in total. The Morgan fingerprint density at radius 1 is 1.25 bits per heavy atom. The van der Waals surface area contributed by atoms with E-state index in [2.05, 4.69) is 15.5 Å². The minimum Gasteiger partial charge on any atom is -0.322 e. The smallest absolute Gasteiger partial charge is 0.258 e. The molecule has 1 amide bonds. The summed E-state index contributed by atoms with van der Waals surface area (Å²) in [5, 5.41) is 10.5. The zero-order chi connectivity index (χ0) is 17.1. The highest BCUT2D eigenvalue weighted by atomic mass is 35.5. The molecule has 0 unspecified atom stereocenters. The first-order valence-electron chi connectivity index (χ1n) is 6.53. The zero-order valence-electron chi connectivity index (χ0n) is 11.8. The second-order valence-electron chi connectivity index (χ2n) is 4.51. The van der Waals surface area contributed by atoms with E-state index in [1.54, 1.807) is 17.6 Å². The van der Waals surface area contributed by atoms with Crippen LogP contribution < -0.4 is 5.32 Å². The molecule has 0 saturated carbocycles. The highest BCUT2D eigenvalue weighted by Crippen LogP contribution is 2.35. The van der Waals surface area contributed by atoms with E-state index in [1.165, 1.54) is 41.3 Å². The normalized spacial score (nSPS) is 10.6. The van der Waals surface area contributed by atoms with Crippen LogP contribution in [0.1, 0.15) is 10.4 Å². The fraction of sp³-hybridized carbons (Fsp3) is 0. The topological polar surface area (TPSA) is 54.9 Å². The summed E-state index contributed by atoms with van der Waals surface area (Å²) in [6, 6.07) is 8.26. The number of nitrogens with zero attached hydrogens (tertiary/aromatic N) is 2. The number of hydrogen-bond acceptors (Lipinski definition) is 5. The van der Waals surface area contributed by atoms with Crippen molar-refractivity contribution in [3.8, 4) is 0 Å². The van der Waals surface area contributed by atoms with E-state index in [9.17, 15) is 13.6 Å². The number of anilines is 1. The maximum atomic E-state index is 13.6. The molecule has 0 atom stereocenters. The molecular formula is C15H8ClF2N3OS2. The van der Waals surface area contributed by atoms with Crippen LogP contribution in [0, 0.1) is 11.6 Å². The van der Waals surface area contributed by atoms with Crippen LogP contribution in [-0.2, 0) is 0 Å². The van der Waals surface area contributed by atoms with Crippen LogP contribution in [0.5, 0.6) is 0 Å². The monoisotopic (exact) mass is 383 g/mol. The molecule has 2 aromatic carbocycles. The number of carbonyl (C=O) groups is 1. The first-order valence-corrected chi connectivity index (χ1v) is 8.61. The number of halogens is 3. The standard InChI is InChI=1S/C15H8ClF2N3OS2/c16-10-6-8(4-5-12(10)24-15-21-19-7-23-15)20-14(22)9-2-1-3-11(17)13(9)18/h1-7H,(H,20,22). The van der Waals surface area contributed by atoms with Crippen molar-refractivity contribution in [2.24, 2.45) is 0 Å². The third-order valence-electron chi connectivity index (χ3n) is 2.92. The van der Waals surface area contributed by atoms with Gasteiger partial charge in [-0.1, -0.05) is 40.8 Å². The number of amides is 1. The number of rotatable bonds is 4. The highest BCUT2D eigenvalue weighted by molar-refractivity contribution is 8.01. The molecule has 122 valence electrons. The minimum absolute atomic E-state index is 0.371. The molecule has 0 aliphatic rings. The van der Waals surface area contributed by atoms with Gasteiger partial charge in [0.15, 0.2) is 16.0 Å². The summed E-state index contributed by atoms with van der Waals surface area (Å²) in [6.07, 6.45) is 0. The molecule has 0 radical (unpaired) electrons. The molecule has 0 aliphatic heterocycles. The van der Waals surface area contributed by atoms with Crippen LogP contribution in [0.25, 0.3) is 0 Å². The van der Waals surface area contributed by atoms with Crippen molar-refractivity contribution in [3.05, 3.63) is 64.1 Å². The number of benzene rings is 2. The van der Waals surface area contributed by atoms with Crippen LogP contribution >= 0.6 is 34.7 Å². The molecule has 1 heterocycles. The molecule has 0 fully saturated rings. The van der Waals surface area contributed by atoms with Gasteiger partial charge in [0.05, 0.1) is 10.6 Å². The highest BCUT2D eigenvalue weighted by Gasteiger charge is 2.16. The molecule has 0 aliphatic carbocycles. The summed E-state index contributed by atoms with van der Waals surface area (Å²) >= 11 is 8.90. The predicted octanol–water partition coefficient (Wildman–Crippen LogP) is 4.87. The fourth-order valence-electron chi connectivity index (χ4n) is 1.84. The van der Waals surface area contributed by atoms with E-state index in [4.69, 9.17) is 11.6 Å². The summed E-state index contributed by atoms with van der Waals surface area (Å²) in [5.41, 5.74) is 1.60. The van der Waals surface area contributed by atoms with Crippen LogP contribution in [0.15, 0.2) is 51.1 Å². The largest absolute Gasteiger partial charge is 0.322 e. The van der Waals surface area contributed by atoms with Crippen LogP contribution in [-0.4, -0.2) is 16.1 Å². The summed E-state index contributed by atoms with van der Waals surface area (Å²) in [5.74, 6) is -3.03. The van der Waals surface area contributed by atoms with Gasteiger partial charge in [0, 0.05) is 10.6 Å². The summed E-state index contributed by atoms with van der Waals surface area (Å²) in [4.78, 5) is 12.8. The average Bonchev–Trinajstić information content (AvgIpc) is 3.05. The molecule has 0 saturated heterocycles. The first-order chi connectivity index (χ1) is 11.5. The van der Waals surface area contributed by atoms with Crippen molar-refractivity contribution in [1.29, 1.82) is 0 Å². The lowest BCUT2D eigenvalue weighted by Gasteiger charge is -2.08. The van der Waals surface area contributed by atoms with Crippen molar-refractivity contribution in [2.75, 3.05) is 5.32 Å². The molecular weight excluding hydrogens is 376 g/mol. The fourth-order valence-corrected chi connectivity index (χ4v) is 3.57. The Morgan fingerprint density at radius 2 is 2.08 bits per heavy atom. The molecule has 1 aromatic heterocycles. The molecule has 24 heavy (non-hydrogen) atoms. The van der Waals surface area contributed by atoms with Crippen molar-refractivity contribution >= 4 is 46.3 Å². The number of hydrogen-bond donors (Lipinski definition) is 1.